The van der Waals surface area contributed by atoms with E-state index in [1.807, 2.05) is 12.3 Å². The Labute approximate surface area is 149 Å². The average Bonchev–Trinajstić information content (AvgIpc) is 2.61. The Morgan fingerprint density at radius 3 is 2.76 bits per heavy atom. The van der Waals surface area contributed by atoms with E-state index in [1.54, 1.807) is 36.9 Å². The number of carbonyl (C=O) groups excluding carboxylic acids is 2. The summed E-state index contributed by atoms with van der Waals surface area (Å²) in [4.78, 5) is 40.9. The van der Waals surface area contributed by atoms with Crippen LogP contribution in [0.2, 0.25) is 0 Å². The van der Waals surface area contributed by atoms with Crippen molar-refractivity contribution in [2.75, 3.05) is 19.1 Å². The fourth-order valence-electron chi connectivity index (χ4n) is 2.49. The largest absolute Gasteiger partial charge is 0.467 e. The molecule has 2 rings (SSSR count). The van der Waals surface area contributed by atoms with E-state index in [1.165, 1.54) is 11.7 Å². The first-order valence-corrected chi connectivity index (χ1v) is 9.19. The molecule has 8 heteroatoms. The van der Waals surface area contributed by atoms with E-state index in [9.17, 15) is 14.4 Å². The number of aryl methyl sites for hydroxylation is 1. The van der Waals surface area contributed by atoms with Crippen LogP contribution in [0.5, 0.6) is 0 Å². The van der Waals surface area contributed by atoms with Gasteiger partial charge in [0, 0.05) is 0 Å². The van der Waals surface area contributed by atoms with Crippen LogP contribution in [-0.2, 0) is 20.9 Å². The number of benzene rings is 1. The highest BCUT2D eigenvalue weighted by Crippen LogP contribution is 2.10. The molecule has 2 aromatic rings. The van der Waals surface area contributed by atoms with Crippen LogP contribution in [0.15, 0.2) is 29.1 Å². The monoisotopic (exact) mass is 363 g/mol. The van der Waals surface area contributed by atoms with Crippen molar-refractivity contribution in [1.29, 1.82) is 0 Å². The van der Waals surface area contributed by atoms with E-state index in [2.05, 4.69) is 10.3 Å². The molecule has 1 amide bonds. The van der Waals surface area contributed by atoms with Crippen LogP contribution in [-0.4, -0.2) is 46.6 Å². The number of ether oxygens (including phenoxy) is 1. The van der Waals surface area contributed by atoms with Crippen molar-refractivity contribution in [3.63, 3.8) is 0 Å². The van der Waals surface area contributed by atoms with Crippen LogP contribution in [0.4, 0.5) is 0 Å². The first-order valence-electron chi connectivity index (χ1n) is 7.80. The van der Waals surface area contributed by atoms with E-state index in [-0.39, 0.29) is 12.1 Å². The number of hydrogen-bond acceptors (Lipinski definition) is 6. The summed E-state index contributed by atoms with van der Waals surface area (Å²) in [5.41, 5.74) is 1.21. The molecule has 0 saturated carbocycles. The predicted octanol–water partition coefficient (Wildman–Crippen LogP) is 1.12. The lowest BCUT2D eigenvalue weighted by Crippen LogP contribution is -2.44. The highest BCUT2D eigenvalue weighted by Gasteiger charge is 2.21. The van der Waals surface area contributed by atoms with Gasteiger partial charge in [0.25, 0.3) is 5.56 Å². The fourth-order valence-corrected chi connectivity index (χ4v) is 2.96. The number of rotatable bonds is 7. The topological polar surface area (TPSA) is 90.3 Å². The quantitative estimate of drug-likeness (QED) is 0.742. The smallest absolute Gasteiger partial charge is 0.328 e. The average molecular weight is 363 g/mol. The van der Waals surface area contributed by atoms with E-state index in [4.69, 9.17) is 4.74 Å². The molecule has 1 unspecified atom stereocenters. The van der Waals surface area contributed by atoms with Gasteiger partial charge in [-0.1, -0.05) is 12.1 Å². The lowest BCUT2D eigenvalue weighted by molar-refractivity contribution is -0.145. The molecule has 1 N–H and O–H groups in total. The summed E-state index contributed by atoms with van der Waals surface area (Å²) in [6, 6.07) is 6.39. The fraction of sp³-hybridized carbons (Fsp3) is 0.412. The van der Waals surface area contributed by atoms with Crippen molar-refractivity contribution >= 4 is 34.7 Å². The maximum absolute atomic E-state index is 12.4. The SMILES string of the molecule is COC(=O)C(CCSC)NC(=O)Cn1c(=O)c(C)nc2ccccc21. The van der Waals surface area contributed by atoms with Gasteiger partial charge in [-0.15, -0.1) is 0 Å². The maximum Gasteiger partial charge on any atom is 0.328 e. The molecule has 0 saturated heterocycles. The molecule has 0 spiro atoms. The Balaban J connectivity index is 2.25. The summed E-state index contributed by atoms with van der Waals surface area (Å²) < 4.78 is 6.10. The molecule has 1 aromatic carbocycles. The first-order chi connectivity index (χ1) is 12.0. The highest BCUT2D eigenvalue weighted by atomic mass is 32.2. The second-order valence-electron chi connectivity index (χ2n) is 5.50. The van der Waals surface area contributed by atoms with Crippen LogP contribution in [0, 0.1) is 6.92 Å². The van der Waals surface area contributed by atoms with Crippen molar-refractivity contribution < 1.29 is 14.3 Å². The minimum atomic E-state index is -0.727. The van der Waals surface area contributed by atoms with Gasteiger partial charge in [0.1, 0.15) is 18.3 Å². The van der Waals surface area contributed by atoms with Gasteiger partial charge in [-0.2, -0.15) is 11.8 Å². The zero-order valence-corrected chi connectivity index (χ0v) is 15.3. The van der Waals surface area contributed by atoms with E-state index in [0.717, 1.165) is 0 Å². The number of nitrogens with zero attached hydrogens (tertiary/aromatic N) is 2. The van der Waals surface area contributed by atoms with Crippen LogP contribution < -0.4 is 10.9 Å². The summed E-state index contributed by atoms with van der Waals surface area (Å²) in [6.45, 7) is 1.42. The lowest BCUT2D eigenvalue weighted by Gasteiger charge is -2.17. The van der Waals surface area contributed by atoms with Gasteiger partial charge in [0.05, 0.1) is 18.1 Å². The minimum absolute atomic E-state index is 0.185. The highest BCUT2D eigenvalue weighted by molar-refractivity contribution is 7.98. The third kappa shape index (κ3) is 4.60. The summed E-state index contributed by atoms with van der Waals surface area (Å²) in [7, 11) is 1.28. The van der Waals surface area contributed by atoms with Gasteiger partial charge >= 0.3 is 5.97 Å². The van der Waals surface area contributed by atoms with Crippen molar-refractivity contribution in [1.82, 2.24) is 14.9 Å². The molecule has 1 atom stereocenters. The summed E-state index contributed by atoms with van der Waals surface area (Å²) in [5.74, 6) is -0.211. The molecule has 0 radical (unpaired) electrons. The first kappa shape index (κ1) is 19.0. The second kappa shape index (κ2) is 8.66. The van der Waals surface area contributed by atoms with Crippen LogP contribution in [0.3, 0.4) is 0 Å². The number of aromatic nitrogens is 2. The molecule has 1 aromatic heterocycles. The number of esters is 1. The number of hydrogen-bond donors (Lipinski definition) is 1. The maximum atomic E-state index is 12.4. The zero-order chi connectivity index (χ0) is 18.4. The molecule has 134 valence electrons. The van der Waals surface area contributed by atoms with E-state index in [0.29, 0.717) is 28.9 Å². The van der Waals surface area contributed by atoms with Crippen molar-refractivity contribution in [2.24, 2.45) is 0 Å². The number of thioether (sulfide) groups is 1. The van der Waals surface area contributed by atoms with Crippen LogP contribution >= 0.6 is 11.8 Å². The molecule has 1 heterocycles. The number of amides is 1. The Morgan fingerprint density at radius 2 is 2.08 bits per heavy atom. The number of nitrogens with one attached hydrogen (secondary N) is 1. The third-order valence-corrected chi connectivity index (χ3v) is 4.39. The van der Waals surface area contributed by atoms with E-state index >= 15 is 0 Å². The molecular weight excluding hydrogens is 342 g/mol. The molecule has 0 aliphatic rings. The van der Waals surface area contributed by atoms with Gasteiger partial charge in [-0.05, 0) is 37.5 Å². The second-order valence-corrected chi connectivity index (χ2v) is 6.49. The zero-order valence-electron chi connectivity index (χ0n) is 14.4. The van der Waals surface area contributed by atoms with E-state index < -0.39 is 17.9 Å². The molecule has 25 heavy (non-hydrogen) atoms. The Hall–Kier alpha value is -2.35. The molecule has 0 fully saturated rings. The Kier molecular flexibility index (Phi) is 6.58. The van der Waals surface area contributed by atoms with Gasteiger partial charge in [-0.3, -0.25) is 14.2 Å². The van der Waals surface area contributed by atoms with Gasteiger partial charge in [-0.25, -0.2) is 9.78 Å². The normalized spacial score (nSPS) is 12.0. The molecule has 0 aliphatic carbocycles. The van der Waals surface area contributed by atoms with Crippen LogP contribution in [0.25, 0.3) is 11.0 Å². The van der Waals surface area contributed by atoms with Crippen molar-refractivity contribution in [2.45, 2.75) is 25.9 Å². The molecule has 7 nitrogen and oxygen atoms in total. The standard InChI is InChI=1S/C17H21N3O4S/c1-11-16(22)20(14-7-5-4-6-12(14)18-11)10-15(21)19-13(8-9-25-3)17(23)24-2/h4-7,13H,8-10H2,1-3H3,(H,19,21). The van der Waals surface area contributed by atoms with Gasteiger partial charge in [0.15, 0.2) is 0 Å². The summed E-state index contributed by atoms with van der Waals surface area (Å²) in [6.07, 6.45) is 2.38. The van der Waals surface area contributed by atoms with Crippen molar-refractivity contribution in [3.05, 3.63) is 40.3 Å². The minimum Gasteiger partial charge on any atom is -0.467 e. The number of carbonyl (C=O) groups is 2. The number of fused-ring (bicyclic) bond motifs is 1. The third-order valence-electron chi connectivity index (χ3n) is 3.75. The Bertz CT molecular complexity index is 834. The van der Waals surface area contributed by atoms with Gasteiger partial charge < -0.3 is 10.1 Å². The summed E-state index contributed by atoms with van der Waals surface area (Å²) in [5, 5.41) is 2.66. The molecule has 0 bridgehead atoms. The lowest BCUT2D eigenvalue weighted by atomic mass is 10.2. The van der Waals surface area contributed by atoms with Gasteiger partial charge in [0.2, 0.25) is 5.91 Å². The number of methoxy groups -OCH3 is 1. The number of para-hydroxylation sites is 2. The predicted molar refractivity (Wildman–Crippen MR) is 97.7 cm³/mol. The molecule has 0 aliphatic heterocycles. The van der Waals surface area contributed by atoms with Crippen molar-refractivity contribution in [3.8, 4) is 0 Å². The molecular formula is C17H21N3O4S. The Morgan fingerprint density at radius 1 is 1.36 bits per heavy atom. The van der Waals surface area contributed by atoms with Crippen LogP contribution in [0.1, 0.15) is 12.1 Å². The summed E-state index contributed by atoms with van der Waals surface area (Å²) >= 11 is 1.57.